The lowest BCUT2D eigenvalue weighted by Gasteiger charge is -2.10. The van der Waals surface area contributed by atoms with Crippen LogP contribution < -0.4 is 15.4 Å². The number of carbonyl (C=O) groups is 2. The molecule has 0 aliphatic rings. The number of pyridine rings is 1. The topological polar surface area (TPSA) is 80.3 Å². The summed E-state index contributed by atoms with van der Waals surface area (Å²) in [6.45, 7) is 3.86. The fourth-order valence-corrected chi connectivity index (χ4v) is 1.88. The molecule has 23 heavy (non-hydrogen) atoms. The highest BCUT2D eigenvalue weighted by Crippen LogP contribution is 2.23. The molecular weight excluding hydrogens is 294 g/mol. The number of rotatable bonds is 6. The van der Waals surface area contributed by atoms with Gasteiger partial charge in [-0.2, -0.15) is 0 Å². The number of ether oxygens (including phenoxy) is 1. The van der Waals surface area contributed by atoms with Gasteiger partial charge in [-0.25, -0.2) is 4.98 Å². The van der Waals surface area contributed by atoms with Crippen molar-refractivity contribution >= 4 is 17.5 Å². The summed E-state index contributed by atoms with van der Waals surface area (Å²) < 4.78 is 5.18. The average molecular weight is 311 g/mol. The Labute approximate surface area is 134 Å². The highest BCUT2D eigenvalue weighted by molar-refractivity contribution is 6.04. The van der Waals surface area contributed by atoms with E-state index in [1.165, 1.54) is 19.2 Å². The minimum absolute atomic E-state index is 0.141. The fraction of sp³-hybridized carbons (Fsp3) is 0.118. The van der Waals surface area contributed by atoms with Crippen molar-refractivity contribution in [1.29, 1.82) is 0 Å². The number of hydrogen-bond acceptors (Lipinski definition) is 4. The van der Waals surface area contributed by atoms with Gasteiger partial charge in [-0.1, -0.05) is 24.3 Å². The van der Waals surface area contributed by atoms with Crippen molar-refractivity contribution in [1.82, 2.24) is 10.3 Å². The molecule has 0 saturated heterocycles. The third-order valence-electron chi connectivity index (χ3n) is 2.98. The van der Waals surface area contributed by atoms with Gasteiger partial charge in [-0.05, 0) is 24.3 Å². The van der Waals surface area contributed by atoms with Crippen LogP contribution in [0.3, 0.4) is 0 Å². The van der Waals surface area contributed by atoms with Gasteiger partial charge in [0.25, 0.3) is 11.8 Å². The monoisotopic (exact) mass is 311 g/mol. The molecule has 0 spiro atoms. The zero-order valence-corrected chi connectivity index (χ0v) is 12.7. The van der Waals surface area contributed by atoms with Gasteiger partial charge in [-0.3, -0.25) is 9.59 Å². The quantitative estimate of drug-likeness (QED) is 0.802. The third kappa shape index (κ3) is 4.16. The molecule has 0 radical (unpaired) electrons. The highest BCUT2D eigenvalue weighted by atomic mass is 16.5. The van der Waals surface area contributed by atoms with E-state index in [0.717, 1.165) is 0 Å². The van der Waals surface area contributed by atoms with Crippen LogP contribution in [0, 0.1) is 0 Å². The Morgan fingerprint density at radius 2 is 1.83 bits per heavy atom. The van der Waals surface area contributed by atoms with Crippen molar-refractivity contribution in [3.8, 4) is 5.75 Å². The molecule has 2 aromatic rings. The van der Waals surface area contributed by atoms with Crippen LogP contribution in [0.1, 0.15) is 21.0 Å². The fourth-order valence-electron chi connectivity index (χ4n) is 1.88. The summed E-state index contributed by atoms with van der Waals surface area (Å²) in [5, 5.41) is 5.32. The summed E-state index contributed by atoms with van der Waals surface area (Å²) in [5.74, 6) is -0.245. The standard InChI is InChI=1S/C17H17N3O3/c1-3-11-18-16(21)13-8-6-9-14(19-13)17(22)20-12-7-4-5-10-15(12)23-2/h3-10H,1,11H2,2H3,(H,18,21)(H,20,22). The Bertz CT molecular complexity index is 729. The van der Waals surface area contributed by atoms with E-state index >= 15 is 0 Å². The second-order valence-corrected chi connectivity index (χ2v) is 4.56. The Balaban J connectivity index is 2.16. The summed E-state index contributed by atoms with van der Waals surface area (Å²) in [6, 6.07) is 11.7. The second kappa shape index (κ2) is 7.74. The van der Waals surface area contributed by atoms with E-state index in [4.69, 9.17) is 4.74 Å². The van der Waals surface area contributed by atoms with E-state index in [1.54, 1.807) is 36.4 Å². The lowest BCUT2D eigenvalue weighted by Crippen LogP contribution is -2.25. The minimum Gasteiger partial charge on any atom is -0.495 e. The first-order valence-electron chi connectivity index (χ1n) is 6.96. The highest BCUT2D eigenvalue weighted by Gasteiger charge is 2.13. The predicted octanol–water partition coefficient (Wildman–Crippen LogP) is 2.26. The molecule has 2 rings (SSSR count). The molecule has 118 valence electrons. The minimum atomic E-state index is -0.423. The Kier molecular flexibility index (Phi) is 5.46. The summed E-state index contributed by atoms with van der Waals surface area (Å²) in [7, 11) is 1.52. The van der Waals surface area contributed by atoms with Crippen molar-refractivity contribution in [3.05, 3.63) is 66.5 Å². The number of aromatic nitrogens is 1. The SMILES string of the molecule is C=CCNC(=O)c1cccc(C(=O)Nc2ccccc2OC)n1. The molecule has 6 heteroatoms. The number of amides is 2. The molecule has 0 atom stereocenters. The zero-order chi connectivity index (χ0) is 16.7. The van der Waals surface area contributed by atoms with Gasteiger partial charge in [-0.15, -0.1) is 6.58 Å². The van der Waals surface area contributed by atoms with Crippen LogP contribution >= 0.6 is 0 Å². The van der Waals surface area contributed by atoms with Crippen LogP contribution in [0.15, 0.2) is 55.1 Å². The van der Waals surface area contributed by atoms with Gasteiger partial charge in [0, 0.05) is 6.54 Å². The van der Waals surface area contributed by atoms with Crippen LogP contribution in [0.2, 0.25) is 0 Å². The molecule has 0 unspecified atom stereocenters. The van der Waals surface area contributed by atoms with Crippen molar-refractivity contribution in [2.75, 3.05) is 19.0 Å². The first-order chi connectivity index (χ1) is 11.2. The summed E-state index contributed by atoms with van der Waals surface area (Å²) in [6.07, 6.45) is 1.57. The van der Waals surface area contributed by atoms with Crippen LogP contribution in [0.5, 0.6) is 5.75 Å². The maximum atomic E-state index is 12.3. The number of benzene rings is 1. The zero-order valence-electron chi connectivity index (χ0n) is 12.7. The Morgan fingerprint density at radius 3 is 2.52 bits per heavy atom. The number of nitrogens with one attached hydrogen (secondary N) is 2. The smallest absolute Gasteiger partial charge is 0.274 e. The largest absolute Gasteiger partial charge is 0.495 e. The van der Waals surface area contributed by atoms with Gasteiger partial charge in [0.2, 0.25) is 0 Å². The van der Waals surface area contributed by atoms with Gasteiger partial charge in [0.05, 0.1) is 12.8 Å². The normalized spacial score (nSPS) is 9.78. The molecular formula is C17H17N3O3. The lowest BCUT2D eigenvalue weighted by molar-refractivity contribution is 0.0953. The van der Waals surface area contributed by atoms with E-state index in [-0.39, 0.29) is 17.3 Å². The Morgan fingerprint density at radius 1 is 1.13 bits per heavy atom. The van der Waals surface area contributed by atoms with E-state index in [2.05, 4.69) is 22.2 Å². The molecule has 1 aromatic heterocycles. The van der Waals surface area contributed by atoms with E-state index in [1.807, 2.05) is 0 Å². The van der Waals surface area contributed by atoms with Gasteiger partial charge >= 0.3 is 0 Å². The number of anilines is 1. The van der Waals surface area contributed by atoms with Crippen molar-refractivity contribution < 1.29 is 14.3 Å². The average Bonchev–Trinajstić information content (AvgIpc) is 2.60. The van der Waals surface area contributed by atoms with E-state index in [9.17, 15) is 9.59 Å². The first kappa shape index (κ1) is 16.2. The van der Waals surface area contributed by atoms with Crippen LogP contribution in [-0.2, 0) is 0 Å². The van der Waals surface area contributed by atoms with Gasteiger partial charge in [0.15, 0.2) is 0 Å². The van der Waals surface area contributed by atoms with Crippen molar-refractivity contribution in [3.63, 3.8) is 0 Å². The van der Waals surface area contributed by atoms with Gasteiger partial charge < -0.3 is 15.4 Å². The van der Waals surface area contributed by atoms with Crippen molar-refractivity contribution in [2.24, 2.45) is 0 Å². The molecule has 2 N–H and O–H groups in total. The number of nitrogens with zero attached hydrogens (tertiary/aromatic N) is 1. The number of hydrogen-bond donors (Lipinski definition) is 2. The van der Waals surface area contributed by atoms with Gasteiger partial charge in [0.1, 0.15) is 17.1 Å². The third-order valence-corrected chi connectivity index (χ3v) is 2.98. The number of methoxy groups -OCH3 is 1. The first-order valence-corrected chi connectivity index (χ1v) is 6.96. The molecule has 0 saturated carbocycles. The molecule has 2 amide bonds. The molecule has 1 heterocycles. The van der Waals surface area contributed by atoms with Crippen LogP contribution in [0.25, 0.3) is 0 Å². The molecule has 0 fully saturated rings. The molecule has 6 nitrogen and oxygen atoms in total. The molecule has 0 aliphatic carbocycles. The second-order valence-electron chi connectivity index (χ2n) is 4.56. The molecule has 0 aliphatic heterocycles. The predicted molar refractivity (Wildman–Crippen MR) is 87.7 cm³/mol. The summed E-state index contributed by atoms with van der Waals surface area (Å²) >= 11 is 0. The maximum Gasteiger partial charge on any atom is 0.274 e. The number of carbonyl (C=O) groups excluding carboxylic acids is 2. The van der Waals surface area contributed by atoms with Crippen LogP contribution in [0.4, 0.5) is 5.69 Å². The summed E-state index contributed by atoms with van der Waals surface area (Å²) in [4.78, 5) is 28.2. The maximum absolute atomic E-state index is 12.3. The molecule has 1 aromatic carbocycles. The summed E-state index contributed by atoms with van der Waals surface area (Å²) in [5.41, 5.74) is 0.838. The number of para-hydroxylation sites is 2. The molecule has 0 bridgehead atoms. The lowest BCUT2D eigenvalue weighted by atomic mass is 10.2. The van der Waals surface area contributed by atoms with E-state index < -0.39 is 5.91 Å². The Hall–Kier alpha value is -3.15. The van der Waals surface area contributed by atoms with Crippen LogP contribution in [-0.4, -0.2) is 30.5 Å². The van der Waals surface area contributed by atoms with E-state index in [0.29, 0.717) is 18.0 Å². The van der Waals surface area contributed by atoms with Crippen molar-refractivity contribution in [2.45, 2.75) is 0 Å².